The van der Waals surface area contributed by atoms with Gasteiger partial charge < -0.3 is 0 Å². The summed E-state index contributed by atoms with van der Waals surface area (Å²) in [5.41, 5.74) is 2.94. The zero-order chi connectivity index (χ0) is 13.3. The molecule has 0 N–H and O–H groups in total. The maximum Gasteiger partial charge on any atom is -0.0253 e. The van der Waals surface area contributed by atoms with Crippen LogP contribution in [0.25, 0.3) is 0 Å². The first-order valence-corrected chi connectivity index (χ1v) is 7.42. The molecule has 0 spiro atoms. The highest BCUT2D eigenvalue weighted by Gasteiger charge is 2.03. The molecule has 0 bridgehead atoms. The average molecular weight is 289 g/mol. The van der Waals surface area contributed by atoms with Crippen LogP contribution in [0.1, 0.15) is 37.3 Å². The third-order valence-electron chi connectivity index (χ3n) is 3.68. The van der Waals surface area contributed by atoms with Gasteiger partial charge in [-0.2, -0.15) is 0 Å². The molecule has 0 saturated heterocycles. The lowest BCUT2D eigenvalue weighted by Crippen LogP contribution is -2.00. The Morgan fingerprint density at radius 1 is 0.750 bits per heavy atom. The summed E-state index contributed by atoms with van der Waals surface area (Å²) < 4.78 is 0. The molecule has 0 heterocycles. The molecular weight excluding hydrogens is 264 g/mol. The summed E-state index contributed by atoms with van der Waals surface area (Å²) in [5, 5.41) is 0. The largest absolute Gasteiger partial charge is 0.147 e. The van der Waals surface area contributed by atoms with Gasteiger partial charge in [-0.3, -0.25) is 0 Å². The van der Waals surface area contributed by atoms with Crippen LogP contribution in [0.5, 0.6) is 0 Å². The van der Waals surface area contributed by atoms with Gasteiger partial charge in [-0.1, -0.05) is 80.4 Å². The van der Waals surface area contributed by atoms with Gasteiger partial charge in [0, 0.05) is 0 Å². The monoisotopic (exact) mass is 288 g/mol. The minimum atomic E-state index is 0. The molecule has 0 aliphatic carbocycles. The van der Waals surface area contributed by atoms with Crippen molar-refractivity contribution in [3.63, 3.8) is 0 Å². The van der Waals surface area contributed by atoms with E-state index in [1.807, 2.05) is 0 Å². The van der Waals surface area contributed by atoms with Crippen molar-refractivity contribution in [2.75, 3.05) is 0 Å². The number of rotatable bonds is 7. The highest BCUT2D eigenvalue weighted by atomic mass is 35.5. The fourth-order valence-electron chi connectivity index (χ4n) is 2.59. The number of unbranched alkanes of at least 4 members (excludes halogenated alkanes) is 1. The van der Waals surface area contributed by atoms with Crippen molar-refractivity contribution in [3.8, 4) is 0 Å². The standard InChI is InChI=1S/C19H24.ClH/c1-17(16-19-14-6-3-7-15-19)10-8-9-13-18-11-4-2-5-12-18;/h2-7,11-12,14-15,17H,8-10,13,16H2,1H3;1H/t17-;/m0./s1. The van der Waals surface area contributed by atoms with E-state index in [-0.39, 0.29) is 12.4 Å². The normalized spacial score (nSPS) is 11.7. The third-order valence-corrected chi connectivity index (χ3v) is 3.68. The van der Waals surface area contributed by atoms with Crippen molar-refractivity contribution >= 4 is 12.4 Å². The van der Waals surface area contributed by atoms with Gasteiger partial charge in [0.25, 0.3) is 0 Å². The lowest BCUT2D eigenvalue weighted by atomic mass is 9.95. The Kier molecular flexibility index (Phi) is 8.06. The van der Waals surface area contributed by atoms with Crippen LogP contribution in [-0.4, -0.2) is 0 Å². The summed E-state index contributed by atoms with van der Waals surface area (Å²) in [5.74, 6) is 0.790. The first-order chi connectivity index (χ1) is 9.34. The highest BCUT2D eigenvalue weighted by Crippen LogP contribution is 2.15. The summed E-state index contributed by atoms with van der Waals surface area (Å²) in [7, 11) is 0. The van der Waals surface area contributed by atoms with Crippen molar-refractivity contribution in [2.24, 2.45) is 5.92 Å². The van der Waals surface area contributed by atoms with Gasteiger partial charge in [0.2, 0.25) is 0 Å². The molecule has 2 rings (SSSR count). The van der Waals surface area contributed by atoms with E-state index < -0.39 is 0 Å². The number of hydrogen-bond acceptors (Lipinski definition) is 0. The topological polar surface area (TPSA) is 0 Å². The SMILES string of the molecule is C[C@@H](CCCCc1ccccc1)Cc1ccccc1.Cl. The average Bonchev–Trinajstić information content (AvgIpc) is 2.46. The van der Waals surface area contributed by atoms with Gasteiger partial charge in [-0.25, -0.2) is 0 Å². The lowest BCUT2D eigenvalue weighted by Gasteiger charge is -2.11. The molecule has 0 aromatic heterocycles. The maximum absolute atomic E-state index is 2.37. The molecule has 0 saturated carbocycles. The van der Waals surface area contributed by atoms with Crippen LogP contribution in [0.15, 0.2) is 60.7 Å². The molecule has 0 aliphatic heterocycles. The van der Waals surface area contributed by atoms with Crippen LogP contribution >= 0.6 is 12.4 Å². The molecule has 0 radical (unpaired) electrons. The van der Waals surface area contributed by atoms with Crippen LogP contribution in [0.3, 0.4) is 0 Å². The van der Waals surface area contributed by atoms with E-state index in [0.717, 1.165) is 5.92 Å². The summed E-state index contributed by atoms with van der Waals surface area (Å²) in [6, 6.07) is 21.6. The molecule has 0 amide bonds. The predicted octanol–water partition coefficient (Wildman–Crippen LogP) is 5.70. The highest BCUT2D eigenvalue weighted by molar-refractivity contribution is 5.85. The Morgan fingerprint density at radius 3 is 1.90 bits per heavy atom. The van der Waals surface area contributed by atoms with E-state index in [1.165, 1.54) is 43.2 Å². The van der Waals surface area contributed by atoms with Crippen molar-refractivity contribution < 1.29 is 0 Å². The number of benzene rings is 2. The van der Waals surface area contributed by atoms with E-state index >= 15 is 0 Å². The Bertz CT molecular complexity index is 450. The van der Waals surface area contributed by atoms with Crippen LogP contribution in [0, 0.1) is 5.92 Å². The fraction of sp³-hybridized carbons (Fsp3) is 0.368. The van der Waals surface area contributed by atoms with E-state index in [4.69, 9.17) is 0 Å². The van der Waals surface area contributed by atoms with Crippen LogP contribution < -0.4 is 0 Å². The van der Waals surface area contributed by atoms with Crippen LogP contribution in [0.2, 0.25) is 0 Å². The molecule has 0 fully saturated rings. The van der Waals surface area contributed by atoms with Gasteiger partial charge in [-0.15, -0.1) is 12.4 Å². The molecule has 0 aliphatic rings. The Hall–Kier alpha value is -1.27. The van der Waals surface area contributed by atoms with Gasteiger partial charge in [0.1, 0.15) is 0 Å². The number of halogens is 1. The summed E-state index contributed by atoms with van der Waals surface area (Å²) >= 11 is 0. The Balaban J connectivity index is 0.00000200. The number of aryl methyl sites for hydroxylation is 1. The van der Waals surface area contributed by atoms with Crippen LogP contribution in [0.4, 0.5) is 0 Å². The second-order valence-electron chi connectivity index (χ2n) is 5.53. The predicted molar refractivity (Wildman–Crippen MR) is 90.6 cm³/mol. The zero-order valence-electron chi connectivity index (χ0n) is 12.3. The first kappa shape index (κ1) is 16.8. The second kappa shape index (κ2) is 9.61. The summed E-state index contributed by atoms with van der Waals surface area (Å²) in [6.45, 7) is 2.37. The Labute approximate surface area is 129 Å². The molecule has 2 aromatic rings. The maximum atomic E-state index is 2.37. The molecule has 1 atom stereocenters. The fourth-order valence-corrected chi connectivity index (χ4v) is 2.59. The molecule has 108 valence electrons. The minimum Gasteiger partial charge on any atom is -0.147 e. The lowest BCUT2D eigenvalue weighted by molar-refractivity contribution is 0.495. The first-order valence-electron chi connectivity index (χ1n) is 7.42. The van der Waals surface area contributed by atoms with Crippen molar-refractivity contribution in [3.05, 3.63) is 71.8 Å². The van der Waals surface area contributed by atoms with Crippen molar-refractivity contribution in [1.82, 2.24) is 0 Å². The summed E-state index contributed by atoms with van der Waals surface area (Å²) in [6.07, 6.45) is 6.42. The van der Waals surface area contributed by atoms with Gasteiger partial charge in [0.15, 0.2) is 0 Å². The molecule has 1 heteroatoms. The zero-order valence-corrected chi connectivity index (χ0v) is 13.1. The van der Waals surface area contributed by atoms with E-state index in [2.05, 4.69) is 67.6 Å². The Morgan fingerprint density at radius 2 is 1.30 bits per heavy atom. The van der Waals surface area contributed by atoms with Gasteiger partial charge >= 0.3 is 0 Å². The molecular formula is C19H25Cl. The van der Waals surface area contributed by atoms with Crippen molar-refractivity contribution in [1.29, 1.82) is 0 Å². The molecule has 2 aromatic carbocycles. The minimum absolute atomic E-state index is 0. The third kappa shape index (κ3) is 6.25. The smallest absolute Gasteiger partial charge is 0.0253 e. The van der Waals surface area contributed by atoms with Gasteiger partial charge in [-0.05, 0) is 36.3 Å². The van der Waals surface area contributed by atoms with E-state index in [0.29, 0.717) is 0 Å². The van der Waals surface area contributed by atoms with E-state index in [1.54, 1.807) is 0 Å². The number of hydrogen-bond donors (Lipinski definition) is 0. The second-order valence-corrected chi connectivity index (χ2v) is 5.53. The van der Waals surface area contributed by atoms with E-state index in [9.17, 15) is 0 Å². The molecule has 0 unspecified atom stereocenters. The van der Waals surface area contributed by atoms with Gasteiger partial charge in [0.05, 0.1) is 0 Å². The summed E-state index contributed by atoms with van der Waals surface area (Å²) in [4.78, 5) is 0. The molecule has 20 heavy (non-hydrogen) atoms. The quantitative estimate of drug-likeness (QED) is 0.573. The molecule has 0 nitrogen and oxygen atoms in total. The van der Waals surface area contributed by atoms with Crippen molar-refractivity contribution in [2.45, 2.75) is 39.0 Å². The van der Waals surface area contributed by atoms with Crippen LogP contribution in [-0.2, 0) is 12.8 Å².